The molecule has 7 heteroatoms. The normalized spacial score (nSPS) is 11.3. The number of nitrogens with zero attached hydrogens (tertiary/aromatic N) is 1. The van der Waals surface area contributed by atoms with Crippen molar-refractivity contribution in [3.63, 3.8) is 0 Å². The van der Waals surface area contributed by atoms with Crippen molar-refractivity contribution in [3.05, 3.63) is 60.5 Å². The molecule has 0 aliphatic rings. The molecular weight excluding hydrogens is 354 g/mol. The van der Waals surface area contributed by atoms with Crippen LogP contribution in [0.15, 0.2) is 63.9 Å². The van der Waals surface area contributed by atoms with Gasteiger partial charge in [-0.3, -0.25) is 4.79 Å². The first-order valence-electron chi connectivity index (χ1n) is 7.81. The third-order valence-corrected chi connectivity index (χ3v) is 4.92. The lowest BCUT2D eigenvalue weighted by Crippen LogP contribution is -2.04. The molecule has 0 saturated heterocycles. The van der Waals surface area contributed by atoms with Crippen molar-refractivity contribution in [1.29, 1.82) is 0 Å². The second-order valence-corrected chi connectivity index (χ2v) is 7.72. The van der Waals surface area contributed by atoms with E-state index in [-0.39, 0.29) is 17.2 Å². The van der Waals surface area contributed by atoms with Crippen molar-refractivity contribution in [1.82, 2.24) is 4.98 Å². The quantitative estimate of drug-likeness (QED) is 0.641. The first kappa shape index (κ1) is 17.9. The summed E-state index contributed by atoms with van der Waals surface area (Å²) in [5, 5.41) is 0. The summed E-state index contributed by atoms with van der Waals surface area (Å²) in [5.41, 5.74) is 2.03. The monoisotopic (exact) mass is 371 g/mol. The van der Waals surface area contributed by atoms with E-state index in [0.29, 0.717) is 17.0 Å². The Morgan fingerprint density at radius 3 is 2.27 bits per heavy atom. The van der Waals surface area contributed by atoms with Crippen molar-refractivity contribution in [2.75, 3.05) is 13.4 Å². The topological polar surface area (TPSA) is 86.5 Å². The van der Waals surface area contributed by atoms with Gasteiger partial charge < -0.3 is 9.15 Å². The molecule has 0 bridgehead atoms. The summed E-state index contributed by atoms with van der Waals surface area (Å²) in [7, 11) is -1.98. The molecule has 0 radical (unpaired) electrons. The van der Waals surface area contributed by atoms with E-state index in [2.05, 4.69) is 9.72 Å². The van der Waals surface area contributed by atoms with Crippen LogP contribution in [0.25, 0.3) is 22.6 Å². The Kier molecular flexibility index (Phi) is 4.90. The van der Waals surface area contributed by atoms with Crippen molar-refractivity contribution >= 4 is 15.8 Å². The Balaban J connectivity index is 2.08. The fraction of sp³-hybridized carbons (Fsp3) is 0.158. The Hall–Kier alpha value is -2.93. The molecule has 134 valence electrons. The van der Waals surface area contributed by atoms with E-state index in [4.69, 9.17) is 4.42 Å². The van der Waals surface area contributed by atoms with Crippen molar-refractivity contribution in [2.45, 2.75) is 11.3 Å². The predicted octanol–water partition coefficient (Wildman–Crippen LogP) is 3.13. The maximum absolute atomic E-state index is 11.6. The molecule has 0 amide bonds. The molecule has 0 unspecified atom stereocenters. The number of benzene rings is 2. The van der Waals surface area contributed by atoms with Gasteiger partial charge in [0.2, 0.25) is 5.89 Å². The number of carbonyl (C=O) groups is 1. The SMILES string of the molecule is COC(=O)Cc1nc(-c2ccc(S(C)(=O)=O)cc2)c(-c2ccccc2)o1. The second-order valence-electron chi connectivity index (χ2n) is 5.70. The van der Waals surface area contributed by atoms with E-state index < -0.39 is 15.8 Å². The molecule has 6 nitrogen and oxygen atoms in total. The fourth-order valence-corrected chi connectivity index (χ4v) is 3.11. The molecule has 0 aliphatic heterocycles. The minimum Gasteiger partial charge on any atom is -0.469 e. The number of methoxy groups -OCH3 is 1. The Labute approximate surface area is 151 Å². The largest absolute Gasteiger partial charge is 0.469 e. The number of hydrogen-bond acceptors (Lipinski definition) is 6. The summed E-state index contributed by atoms with van der Waals surface area (Å²) in [6.45, 7) is 0. The number of sulfone groups is 1. The average Bonchev–Trinajstić information content (AvgIpc) is 3.05. The smallest absolute Gasteiger partial charge is 0.314 e. The molecular formula is C19H17NO5S. The fourth-order valence-electron chi connectivity index (χ4n) is 2.48. The standard InChI is InChI=1S/C19H17NO5S/c1-24-17(21)12-16-20-18(19(25-16)14-6-4-3-5-7-14)13-8-10-15(11-9-13)26(2,22)23/h3-11H,12H2,1-2H3. The molecule has 0 fully saturated rings. The Morgan fingerprint density at radius 2 is 1.69 bits per heavy atom. The summed E-state index contributed by atoms with van der Waals surface area (Å²) < 4.78 is 33.7. The van der Waals surface area contributed by atoms with Crippen molar-refractivity contribution in [3.8, 4) is 22.6 Å². The molecule has 2 aromatic carbocycles. The summed E-state index contributed by atoms with van der Waals surface area (Å²) >= 11 is 0. The van der Waals surface area contributed by atoms with Gasteiger partial charge in [-0.05, 0) is 12.1 Å². The first-order valence-corrected chi connectivity index (χ1v) is 9.70. The zero-order chi connectivity index (χ0) is 18.7. The maximum atomic E-state index is 11.6. The number of oxazole rings is 1. The second kappa shape index (κ2) is 7.13. The molecule has 26 heavy (non-hydrogen) atoms. The van der Waals surface area contributed by atoms with Gasteiger partial charge >= 0.3 is 5.97 Å². The van der Waals surface area contributed by atoms with Gasteiger partial charge in [0.15, 0.2) is 15.6 Å². The Morgan fingerprint density at radius 1 is 1.04 bits per heavy atom. The number of aromatic nitrogens is 1. The first-order chi connectivity index (χ1) is 12.4. The van der Waals surface area contributed by atoms with E-state index in [1.54, 1.807) is 12.1 Å². The van der Waals surface area contributed by atoms with Crippen LogP contribution in [-0.4, -0.2) is 32.7 Å². The zero-order valence-corrected chi connectivity index (χ0v) is 15.1. The van der Waals surface area contributed by atoms with Crippen LogP contribution >= 0.6 is 0 Å². The lowest BCUT2D eigenvalue weighted by molar-refractivity contribution is -0.140. The predicted molar refractivity (Wildman–Crippen MR) is 96.2 cm³/mol. The summed E-state index contributed by atoms with van der Waals surface area (Å²) in [6, 6.07) is 15.7. The van der Waals surface area contributed by atoms with Crippen molar-refractivity contribution in [2.24, 2.45) is 0 Å². The van der Waals surface area contributed by atoms with E-state index in [1.165, 1.54) is 19.2 Å². The van der Waals surface area contributed by atoms with E-state index >= 15 is 0 Å². The highest BCUT2D eigenvalue weighted by molar-refractivity contribution is 7.90. The third-order valence-electron chi connectivity index (χ3n) is 3.79. The van der Waals surface area contributed by atoms with E-state index in [9.17, 15) is 13.2 Å². The number of esters is 1. The third kappa shape index (κ3) is 3.83. The van der Waals surface area contributed by atoms with E-state index in [1.807, 2.05) is 30.3 Å². The molecule has 3 rings (SSSR count). The molecule has 0 saturated carbocycles. The molecule has 1 aromatic heterocycles. The van der Waals surface area contributed by atoms with Gasteiger partial charge in [-0.1, -0.05) is 42.5 Å². The van der Waals surface area contributed by atoms with Gasteiger partial charge in [0.25, 0.3) is 0 Å². The molecule has 0 atom stereocenters. The van der Waals surface area contributed by atoms with Crippen LogP contribution in [0.2, 0.25) is 0 Å². The molecule has 0 N–H and O–H groups in total. The van der Waals surface area contributed by atoms with Crippen LogP contribution in [0.5, 0.6) is 0 Å². The van der Waals surface area contributed by atoms with Crippen LogP contribution in [-0.2, 0) is 25.8 Å². The lowest BCUT2D eigenvalue weighted by atomic mass is 10.1. The summed E-state index contributed by atoms with van der Waals surface area (Å²) in [5.74, 6) is 0.291. The molecule has 0 spiro atoms. The van der Waals surface area contributed by atoms with Gasteiger partial charge in [-0.15, -0.1) is 0 Å². The highest BCUT2D eigenvalue weighted by Crippen LogP contribution is 2.33. The number of ether oxygens (including phenoxy) is 1. The maximum Gasteiger partial charge on any atom is 0.314 e. The minimum absolute atomic E-state index is 0.0856. The average molecular weight is 371 g/mol. The van der Waals surface area contributed by atoms with Crippen LogP contribution in [0.3, 0.4) is 0 Å². The van der Waals surface area contributed by atoms with Gasteiger partial charge in [-0.2, -0.15) is 0 Å². The van der Waals surface area contributed by atoms with Crippen molar-refractivity contribution < 1.29 is 22.4 Å². The van der Waals surface area contributed by atoms with Crippen LogP contribution < -0.4 is 0 Å². The van der Waals surface area contributed by atoms with Gasteiger partial charge in [0.05, 0.1) is 12.0 Å². The van der Waals surface area contributed by atoms with Crippen LogP contribution in [0.1, 0.15) is 5.89 Å². The zero-order valence-electron chi connectivity index (χ0n) is 14.3. The Bertz CT molecular complexity index is 1020. The van der Waals surface area contributed by atoms with Gasteiger partial charge in [-0.25, -0.2) is 13.4 Å². The highest BCUT2D eigenvalue weighted by atomic mass is 32.2. The molecule has 3 aromatic rings. The lowest BCUT2D eigenvalue weighted by Gasteiger charge is -2.03. The number of hydrogen-bond donors (Lipinski definition) is 0. The van der Waals surface area contributed by atoms with Crippen LogP contribution in [0.4, 0.5) is 0 Å². The summed E-state index contributed by atoms with van der Waals surface area (Å²) in [6.07, 6.45) is 1.07. The van der Waals surface area contributed by atoms with Crippen LogP contribution in [0, 0.1) is 0 Å². The molecule has 1 heterocycles. The minimum atomic E-state index is -3.28. The van der Waals surface area contributed by atoms with Gasteiger partial charge in [0.1, 0.15) is 12.1 Å². The number of carbonyl (C=O) groups excluding carboxylic acids is 1. The van der Waals surface area contributed by atoms with Gasteiger partial charge in [0, 0.05) is 17.4 Å². The van der Waals surface area contributed by atoms with E-state index in [0.717, 1.165) is 11.8 Å². The highest BCUT2D eigenvalue weighted by Gasteiger charge is 2.19. The number of rotatable bonds is 5. The molecule has 0 aliphatic carbocycles. The summed E-state index contributed by atoms with van der Waals surface area (Å²) in [4.78, 5) is 16.2.